The van der Waals surface area contributed by atoms with Crippen molar-refractivity contribution >= 4 is 21.4 Å². The first-order chi connectivity index (χ1) is 9.87. The van der Waals surface area contributed by atoms with Crippen LogP contribution in [0.2, 0.25) is 0 Å². The number of hydrogen-bond donors (Lipinski definition) is 1. The molecule has 0 fully saturated rings. The summed E-state index contributed by atoms with van der Waals surface area (Å²) in [6.07, 6.45) is 3.06. The van der Waals surface area contributed by atoms with Crippen molar-refractivity contribution in [3.05, 3.63) is 42.2 Å². The molecule has 1 amide bonds. The summed E-state index contributed by atoms with van der Waals surface area (Å²) in [7, 11) is -1.71. The van der Waals surface area contributed by atoms with Crippen LogP contribution in [0.3, 0.4) is 0 Å². The molecule has 0 atom stereocenters. The molecule has 1 heterocycles. The van der Waals surface area contributed by atoms with Gasteiger partial charge >= 0.3 is 0 Å². The summed E-state index contributed by atoms with van der Waals surface area (Å²) in [5.41, 5.74) is 1.54. The Hall–Kier alpha value is -2.15. The second kappa shape index (κ2) is 6.09. The predicted octanol–water partition coefficient (Wildman–Crippen LogP) is 1.53. The summed E-state index contributed by atoms with van der Waals surface area (Å²) < 4.78 is 25.8. The first-order valence-electron chi connectivity index (χ1n) is 6.45. The Labute approximate surface area is 123 Å². The first-order valence-corrected chi connectivity index (χ1v) is 8.10. The van der Waals surface area contributed by atoms with Crippen LogP contribution in [-0.2, 0) is 21.7 Å². The van der Waals surface area contributed by atoms with Crippen LogP contribution in [0.15, 0.2) is 41.6 Å². The molecule has 112 valence electrons. The zero-order chi connectivity index (χ0) is 15.5. The molecule has 2 rings (SSSR count). The second-order valence-corrected chi connectivity index (χ2v) is 6.94. The Morgan fingerprint density at radius 3 is 2.52 bits per heavy atom. The molecule has 0 bridgehead atoms. The van der Waals surface area contributed by atoms with E-state index in [1.165, 1.54) is 6.20 Å². The third-order valence-electron chi connectivity index (χ3n) is 2.97. The fourth-order valence-electron chi connectivity index (χ4n) is 1.80. The fraction of sp³-hybridized carbons (Fsp3) is 0.286. The van der Waals surface area contributed by atoms with Gasteiger partial charge in [0, 0.05) is 19.7 Å². The van der Waals surface area contributed by atoms with Gasteiger partial charge in [-0.2, -0.15) is 5.10 Å². The molecule has 1 aromatic heterocycles. The molecule has 1 aromatic carbocycles. The number of nitrogens with one attached hydrogen (secondary N) is 1. The quantitative estimate of drug-likeness (QED) is 0.908. The van der Waals surface area contributed by atoms with Gasteiger partial charge in [-0.05, 0) is 19.1 Å². The predicted molar refractivity (Wildman–Crippen MR) is 79.7 cm³/mol. The summed E-state index contributed by atoms with van der Waals surface area (Å²) in [6.45, 7) is 1.89. The molecule has 0 aliphatic rings. The van der Waals surface area contributed by atoms with Crippen LogP contribution in [0, 0.1) is 6.92 Å². The summed E-state index contributed by atoms with van der Waals surface area (Å²) in [4.78, 5) is 12.0. The van der Waals surface area contributed by atoms with Crippen LogP contribution in [-0.4, -0.2) is 29.9 Å². The number of hydrogen-bond acceptors (Lipinski definition) is 4. The van der Waals surface area contributed by atoms with Crippen LogP contribution >= 0.6 is 0 Å². The van der Waals surface area contributed by atoms with Gasteiger partial charge in [0.15, 0.2) is 9.84 Å². The summed E-state index contributed by atoms with van der Waals surface area (Å²) >= 11 is 0. The van der Waals surface area contributed by atoms with Gasteiger partial charge in [-0.25, -0.2) is 8.42 Å². The van der Waals surface area contributed by atoms with Crippen LogP contribution in [0.1, 0.15) is 12.0 Å². The average Bonchev–Trinajstić information content (AvgIpc) is 2.82. The number of aryl methyl sites for hydroxylation is 2. The van der Waals surface area contributed by atoms with Crippen molar-refractivity contribution in [1.29, 1.82) is 0 Å². The molecule has 2 aromatic rings. The number of nitrogens with zero attached hydrogens (tertiary/aromatic N) is 2. The number of carbonyl (C=O) groups excluding carboxylic acids is 1. The number of sulfone groups is 1. The number of anilines is 1. The lowest BCUT2D eigenvalue weighted by molar-refractivity contribution is -0.115. The molecule has 0 unspecified atom stereocenters. The zero-order valence-electron chi connectivity index (χ0n) is 11.9. The maximum atomic E-state index is 12.1. The highest BCUT2D eigenvalue weighted by Crippen LogP contribution is 2.13. The molecule has 0 saturated heterocycles. The molecule has 0 radical (unpaired) electrons. The Morgan fingerprint density at radius 1 is 1.29 bits per heavy atom. The molecule has 0 saturated carbocycles. The Balaban J connectivity index is 1.95. The fourth-order valence-corrected chi connectivity index (χ4v) is 3.04. The second-order valence-electron chi connectivity index (χ2n) is 4.83. The highest BCUT2D eigenvalue weighted by molar-refractivity contribution is 7.91. The van der Waals surface area contributed by atoms with Gasteiger partial charge in [0.25, 0.3) is 0 Å². The highest BCUT2D eigenvalue weighted by Gasteiger charge is 2.16. The Kier molecular flexibility index (Phi) is 4.42. The van der Waals surface area contributed by atoms with Gasteiger partial charge in [0.05, 0.1) is 22.5 Å². The lowest BCUT2D eigenvalue weighted by Gasteiger charge is -2.05. The van der Waals surface area contributed by atoms with Crippen LogP contribution < -0.4 is 5.32 Å². The lowest BCUT2D eigenvalue weighted by Crippen LogP contribution is -2.17. The van der Waals surface area contributed by atoms with Gasteiger partial charge in [-0.3, -0.25) is 9.48 Å². The van der Waals surface area contributed by atoms with E-state index in [-0.39, 0.29) is 23.0 Å². The number of benzene rings is 1. The minimum Gasteiger partial charge on any atom is -0.323 e. The van der Waals surface area contributed by atoms with E-state index in [0.717, 1.165) is 5.56 Å². The standard InChI is InChI=1S/C14H17N3O3S/c1-11-3-5-13(6-4-11)21(19,20)8-7-14(18)16-12-9-15-17(2)10-12/h3-6,9-10H,7-8H2,1-2H3,(H,16,18). The van der Waals surface area contributed by atoms with E-state index in [2.05, 4.69) is 10.4 Å². The number of amides is 1. The van der Waals surface area contributed by atoms with E-state index in [1.54, 1.807) is 42.2 Å². The summed E-state index contributed by atoms with van der Waals surface area (Å²) in [6, 6.07) is 6.60. The molecule has 0 aliphatic carbocycles. The van der Waals surface area contributed by atoms with Crippen LogP contribution in [0.4, 0.5) is 5.69 Å². The van der Waals surface area contributed by atoms with Gasteiger partial charge in [-0.15, -0.1) is 0 Å². The molecule has 7 heteroatoms. The molecule has 0 aliphatic heterocycles. The van der Waals surface area contributed by atoms with E-state index in [4.69, 9.17) is 0 Å². The van der Waals surface area contributed by atoms with Crippen molar-refractivity contribution in [2.45, 2.75) is 18.2 Å². The monoisotopic (exact) mass is 307 g/mol. The van der Waals surface area contributed by atoms with Crippen molar-refractivity contribution in [3.8, 4) is 0 Å². The Morgan fingerprint density at radius 2 is 1.95 bits per heavy atom. The van der Waals surface area contributed by atoms with Crippen molar-refractivity contribution < 1.29 is 13.2 Å². The van der Waals surface area contributed by atoms with Crippen LogP contribution in [0.25, 0.3) is 0 Å². The summed E-state index contributed by atoms with van der Waals surface area (Å²) in [5.74, 6) is -0.569. The maximum Gasteiger partial charge on any atom is 0.225 e. The molecule has 0 spiro atoms. The third kappa shape index (κ3) is 4.16. The SMILES string of the molecule is Cc1ccc(S(=O)(=O)CCC(=O)Nc2cnn(C)c2)cc1. The number of rotatable bonds is 5. The van der Waals surface area contributed by atoms with Crippen LogP contribution in [0.5, 0.6) is 0 Å². The maximum absolute atomic E-state index is 12.1. The van der Waals surface area contributed by atoms with E-state index in [0.29, 0.717) is 5.69 Å². The van der Waals surface area contributed by atoms with E-state index >= 15 is 0 Å². The molecular weight excluding hydrogens is 290 g/mol. The van der Waals surface area contributed by atoms with Crippen molar-refractivity contribution in [3.63, 3.8) is 0 Å². The lowest BCUT2D eigenvalue weighted by atomic mass is 10.2. The minimum atomic E-state index is -3.44. The van der Waals surface area contributed by atoms with Crippen molar-refractivity contribution in [1.82, 2.24) is 9.78 Å². The smallest absolute Gasteiger partial charge is 0.225 e. The Bertz CT molecular complexity index is 733. The third-order valence-corrected chi connectivity index (χ3v) is 4.70. The highest BCUT2D eigenvalue weighted by atomic mass is 32.2. The van der Waals surface area contributed by atoms with E-state index in [1.807, 2.05) is 6.92 Å². The average molecular weight is 307 g/mol. The largest absolute Gasteiger partial charge is 0.323 e. The normalized spacial score (nSPS) is 11.3. The molecule has 6 nitrogen and oxygen atoms in total. The van der Waals surface area contributed by atoms with Gasteiger partial charge in [0.2, 0.25) is 5.91 Å². The van der Waals surface area contributed by atoms with Crippen molar-refractivity contribution in [2.75, 3.05) is 11.1 Å². The zero-order valence-corrected chi connectivity index (χ0v) is 12.7. The molecular formula is C14H17N3O3S. The van der Waals surface area contributed by atoms with Gasteiger partial charge < -0.3 is 5.32 Å². The van der Waals surface area contributed by atoms with Gasteiger partial charge in [-0.1, -0.05) is 17.7 Å². The number of aromatic nitrogens is 2. The number of carbonyl (C=O) groups is 1. The molecule has 21 heavy (non-hydrogen) atoms. The van der Waals surface area contributed by atoms with Crippen molar-refractivity contribution in [2.24, 2.45) is 7.05 Å². The molecule has 1 N–H and O–H groups in total. The van der Waals surface area contributed by atoms with Gasteiger partial charge in [0.1, 0.15) is 0 Å². The van der Waals surface area contributed by atoms with E-state index in [9.17, 15) is 13.2 Å². The topological polar surface area (TPSA) is 81.1 Å². The summed E-state index contributed by atoms with van der Waals surface area (Å²) in [5, 5.41) is 6.53. The first kappa shape index (κ1) is 15.2. The van der Waals surface area contributed by atoms with E-state index < -0.39 is 9.84 Å². The minimum absolute atomic E-state index is 0.0922.